The van der Waals surface area contributed by atoms with Crippen molar-refractivity contribution in [1.82, 2.24) is 0 Å². The summed E-state index contributed by atoms with van der Waals surface area (Å²) in [6.07, 6.45) is 0. The van der Waals surface area contributed by atoms with Crippen LogP contribution in [0.2, 0.25) is 0 Å². The van der Waals surface area contributed by atoms with E-state index in [1.165, 1.54) is 0 Å². The van der Waals surface area contributed by atoms with Crippen molar-refractivity contribution in [2.24, 2.45) is 0 Å². The molecule has 4 heteroatoms. The summed E-state index contributed by atoms with van der Waals surface area (Å²) in [5.41, 5.74) is 9.45. The van der Waals surface area contributed by atoms with Crippen LogP contribution in [0.25, 0.3) is 0 Å². The third-order valence-electron chi connectivity index (χ3n) is 3.42. The van der Waals surface area contributed by atoms with Gasteiger partial charge in [0.05, 0.1) is 24.0 Å². The fraction of sp³-hybridized carbons (Fsp3) is 0.235. The number of anilines is 2. The number of methoxy groups -OCH3 is 1. The zero-order chi connectivity index (χ0) is 15.2. The van der Waals surface area contributed by atoms with E-state index < -0.39 is 0 Å². The van der Waals surface area contributed by atoms with Crippen molar-refractivity contribution in [3.63, 3.8) is 0 Å². The van der Waals surface area contributed by atoms with E-state index in [1.807, 2.05) is 36.4 Å². The number of hydrogen-bond acceptors (Lipinski definition) is 4. The molecule has 4 nitrogen and oxygen atoms in total. The van der Waals surface area contributed by atoms with Crippen LogP contribution in [-0.2, 0) is 6.54 Å². The van der Waals surface area contributed by atoms with E-state index in [1.54, 1.807) is 13.2 Å². The van der Waals surface area contributed by atoms with Crippen LogP contribution in [0.3, 0.4) is 0 Å². The van der Waals surface area contributed by atoms with Crippen molar-refractivity contribution < 1.29 is 4.74 Å². The average molecular weight is 281 g/mol. The van der Waals surface area contributed by atoms with Crippen molar-refractivity contribution in [3.05, 3.63) is 53.6 Å². The van der Waals surface area contributed by atoms with E-state index in [9.17, 15) is 0 Å². The van der Waals surface area contributed by atoms with Crippen molar-refractivity contribution in [2.75, 3.05) is 24.3 Å². The molecule has 0 saturated carbocycles. The van der Waals surface area contributed by atoms with E-state index in [0.29, 0.717) is 17.9 Å². The normalized spacial score (nSPS) is 9.95. The van der Waals surface area contributed by atoms with Crippen molar-refractivity contribution >= 4 is 11.4 Å². The maximum atomic E-state index is 9.03. The third kappa shape index (κ3) is 3.26. The number of nitrogens with two attached hydrogens (primary N) is 1. The van der Waals surface area contributed by atoms with Crippen LogP contribution in [-0.4, -0.2) is 13.7 Å². The molecule has 2 N–H and O–H groups in total. The van der Waals surface area contributed by atoms with Gasteiger partial charge in [-0.15, -0.1) is 0 Å². The maximum Gasteiger partial charge on any atom is 0.136 e. The fourth-order valence-corrected chi connectivity index (χ4v) is 2.29. The first kappa shape index (κ1) is 14.7. The standard InChI is InChI=1S/C17H19N3O/c1-3-20(16-7-5-4-6-15(16)19)12-13-8-9-14(11-18)17(10-13)21-2/h4-10H,3,12,19H2,1-2H3. The van der Waals surface area contributed by atoms with E-state index >= 15 is 0 Å². The Morgan fingerprint density at radius 2 is 2.00 bits per heavy atom. The summed E-state index contributed by atoms with van der Waals surface area (Å²) in [7, 11) is 1.58. The number of ether oxygens (including phenoxy) is 1. The van der Waals surface area contributed by atoms with Crippen LogP contribution < -0.4 is 15.4 Å². The minimum atomic E-state index is 0.545. The quantitative estimate of drug-likeness (QED) is 0.855. The molecule has 0 amide bonds. The molecule has 0 aliphatic carbocycles. The van der Waals surface area contributed by atoms with Gasteiger partial charge in [0, 0.05) is 13.1 Å². The Labute approximate surface area is 125 Å². The van der Waals surface area contributed by atoms with Crippen LogP contribution in [0.5, 0.6) is 5.75 Å². The fourth-order valence-electron chi connectivity index (χ4n) is 2.29. The van der Waals surface area contributed by atoms with E-state index in [2.05, 4.69) is 17.9 Å². The van der Waals surface area contributed by atoms with Gasteiger partial charge in [0.2, 0.25) is 0 Å². The summed E-state index contributed by atoms with van der Waals surface area (Å²) < 4.78 is 5.26. The monoisotopic (exact) mass is 281 g/mol. The minimum Gasteiger partial charge on any atom is -0.495 e. The lowest BCUT2D eigenvalue weighted by atomic mass is 10.1. The van der Waals surface area contributed by atoms with Crippen molar-refractivity contribution in [2.45, 2.75) is 13.5 Å². The molecule has 0 aromatic heterocycles. The second-order valence-electron chi connectivity index (χ2n) is 4.72. The molecule has 0 unspecified atom stereocenters. The Hall–Kier alpha value is -2.67. The van der Waals surface area contributed by atoms with Gasteiger partial charge in [0.15, 0.2) is 0 Å². The van der Waals surface area contributed by atoms with Gasteiger partial charge in [-0.3, -0.25) is 0 Å². The predicted molar refractivity (Wildman–Crippen MR) is 85.3 cm³/mol. The summed E-state index contributed by atoms with van der Waals surface area (Å²) >= 11 is 0. The van der Waals surface area contributed by atoms with Gasteiger partial charge >= 0.3 is 0 Å². The van der Waals surface area contributed by atoms with Crippen molar-refractivity contribution in [1.29, 1.82) is 5.26 Å². The van der Waals surface area contributed by atoms with Crippen LogP contribution in [0.4, 0.5) is 11.4 Å². The van der Waals surface area contributed by atoms with Crippen LogP contribution in [0.1, 0.15) is 18.1 Å². The molecule has 0 saturated heterocycles. The zero-order valence-electron chi connectivity index (χ0n) is 12.3. The highest BCUT2D eigenvalue weighted by Crippen LogP contribution is 2.26. The van der Waals surface area contributed by atoms with E-state index in [0.717, 1.165) is 23.5 Å². The lowest BCUT2D eigenvalue weighted by Gasteiger charge is -2.25. The van der Waals surface area contributed by atoms with Gasteiger partial charge in [0.1, 0.15) is 11.8 Å². The van der Waals surface area contributed by atoms with Crippen LogP contribution in [0, 0.1) is 11.3 Å². The summed E-state index contributed by atoms with van der Waals surface area (Å²) in [4.78, 5) is 2.19. The number of nitrogens with zero attached hydrogens (tertiary/aromatic N) is 2. The number of nitrogen functional groups attached to an aromatic ring is 1. The SMILES string of the molecule is CCN(Cc1ccc(C#N)c(OC)c1)c1ccccc1N. The molecular weight excluding hydrogens is 262 g/mol. The lowest BCUT2D eigenvalue weighted by molar-refractivity contribution is 0.413. The largest absolute Gasteiger partial charge is 0.495 e. The Morgan fingerprint density at radius 1 is 1.24 bits per heavy atom. The highest BCUT2D eigenvalue weighted by molar-refractivity contribution is 5.67. The summed E-state index contributed by atoms with van der Waals surface area (Å²) in [5, 5.41) is 9.03. The molecule has 0 aliphatic heterocycles. The van der Waals surface area contributed by atoms with Gasteiger partial charge in [-0.25, -0.2) is 0 Å². The van der Waals surface area contributed by atoms with E-state index in [-0.39, 0.29) is 0 Å². The highest BCUT2D eigenvalue weighted by Gasteiger charge is 2.10. The number of nitriles is 1. The second kappa shape index (κ2) is 6.67. The maximum absolute atomic E-state index is 9.03. The molecule has 0 radical (unpaired) electrons. The van der Waals surface area contributed by atoms with E-state index in [4.69, 9.17) is 15.7 Å². The van der Waals surface area contributed by atoms with Gasteiger partial charge in [-0.2, -0.15) is 5.26 Å². The zero-order valence-corrected chi connectivity index (χ0v) is 12.3. The molecule has 0 spiro atoms. The molecule has 21 heavy (non-hydrogen) atoms. The first-order chi connectivity index (χ1) is 10.2. The molecule has 2 aromatic carbocycles. The van der Waals surface area contributed by atoms with Gasteiger partial charge < -0.3 is 15.4 Å². The highest BCUT2D eigenvalue weighted by atomic mass is 16.5. The molecule has 0 fully saturated rings. The molecule has 0 aliphatic rings. The first-order valence-corrected chi connectivity index (χ1v) is 6.86. The molecular formula is C17H19N3O. The number of benzene rings is 2. The molecule has 2 aromatic rings. The summed E-state index contributed by atoms with van der Waals surface area (Å²) in [5.74, 6) is 0.604. The Balaban J connectivity index is 2.27. The third-order valence-corrected chi connectivity index (χ3v) is 3.42. The Bertz CT molecular complexity index is 661. The second-order valence-corrected chi connectivity index (χ2v) is 4.72. The topological polar surface area (TPSA) is 62.3 Å². The summed E-state index contributed by atoms with van der Waals surface area (Å²) in [6.45, 7) is 3.65. The number of hydrogen-bond donors (Lipinski definition) is 1. The van der Waals surface area contributed by atoms with Gasteiger partial charge in [-0.1, -0.05) is 18.2 Å². The van der Waals surface area contributed by atoms with Crippen LogP contribution in [0.15, 0.2) is 42.5 Å². The molecule has 2 rings (SSSR count). The molecule has 108 valence electrons. The molecule has 0 heterocycles. The van der Waals surface area contributed by atoms with Gasteiger partial charge in [0.25, 0.3) is 0 Å². The molecule has 0 bridgehead atoms. The lowest BCUT2D eigenvalue weighted by Crippen LogP contribution is -2.23. The Kier molecular flexibility index (Phi) is 4.68. The minimum absolute atomic E-state index is 0.545. The predicted octanol–water partition coefficient (Wildman–Crippen LogP) is 3.18. The van der Waals surface area contributed by atoms with Crippen LogP contribution >= 0.6 is 0 Å². The average Bonchev–Trinajstić information content (AvgIpc) is 2.53. The first-order valence-electron chi connectivity index (χ1n) is 6.86. The number of rotatable bonds is 5. The Morgan fingerprint density at radius 3 is 2.62 bits per heavy atom. The molecule has 0 atom stereocenters. The van der Waals surface area contributed by atoms with Crippen molar-refractivity contribution in [3.8, 4) is 11.8 Å². The summed E-state index contributed by atoms with van der Waals surface area (Å²) in [6, 6.07) is 15.6. The number of para-hydroxylation sites is 2. The van der Waals surface area contributed by atoms with Gasteiger partial charge in [-0.05, 0) is 36.8 Å². The smallest absolute Gasteiger partial charge is 0.136 e.